The number of amides is 1. The van der Waals surface area contributed by atoms with Crippen molar-refractivity contribution in [3.63, 3.8) is 0 Å². The Kier molecular flexibility index (Phi) is 3.79. The van der Waals surface area contributed by atoms with Crippen LogP contribution in [0.2, 0.25) is 0 Å². The van der Waals surface area contributed by atoms with Gasteiger partial charge in [0, 0.05) is 18.3 Å². The Balaban J connectivity index is 2.01. The van der Waals surface area contributed by atoms with Gasteiger partial charge in [-0.3, -0.25) is 4.79 Å². The quantitative estimate of drug-likeness (QED) is 0.814. The number of hydrogen-bond acceptors (Lipinski definition) is 2. The first-order valence-electron chi connectivity index (χ1n) is 6.10. The molecular formula is C13H16F2N2O. The molecule has 0 unspecified atom stereocenters. The molecule has 0 spiro atoms. The molecule has 98 valence electrons. The van der Waals surface area contributed by atoms with Gasteiger partial charge in [-0.1, -0.05) is 12.8 Å². The Morgan fingerprint density at radius 1 is 1.28 bits per heavy atom. The summed E-state index contributed by atoms with van der Waals surface area (Å²) in [5.41, 5.74) is 5.46. The molecule has 0 bridgehead atoms. The Hall–Kier alpha value is -1.65. The Morgan fingerprint density at radius 3 is 2.56 bits per heavy atom. The minimum Gasteiger partial charge on any atom is -0.398 e. The first-order valence-corrected chi connectivity index (χ1v) is 6.10. The van der Waals surface area contributed by atoms with Crippen LogP contribution in [-0.2, 0) is 0 Å². The summed E-state index contributed by atoms with van der Waals surface area (Å²) in [5, 5.41) is 2.72. The SMILES string of the molecule is Nc1cc(F)c(F)cc1C(=O)NCC1CCCC1. The number of benzene rings is 1. The highest BCUT2D eigenvalue weighted by molar-refractivity contribution is 5.99. The summed E-state index contributed by atoms with van der Waals surface area (Å²) in [7, 11) is 0. The van der Waals surface area contributed by atoms with Crippen molar-refractivity contribution in [2.24, 2.45) is 5.92 Å². The summed E-state index contributed by atoms with van der Waals surface area (Å²) in [5.74, 6) is -2.06. The van der Waals surface area contributed by atoms with Crippen molar-refractivity contribution in [2.75, 3.05) is 12.3 Å². The average Bonchev–Trinajstić information content (AvgIpc) is 2.84. The normalized spacial score (nSPS) is 15.9. The highest BCUT2D eigenvalue weighted by Gasteiger charge is 2.18. The van der Waals surface area contributed by atoms with Crippen LogP contribution in [-0.4, -0.2) is 12.5 Å². The largest absolute Gasteiger partial charge is 0.398 e. The molecule has 0 atom stereocenters. The van der Waals surface area contributed by atoms with Crippen molar-refractivity contribution >= 4 is 11.6 Å². The van der Waals surface area contributed by atoms with E-state index in [1.54, 1.807) is 0 Å². The van der Waals surface area contributed by atoms with Gasteiger partial charge in [0.25, 0.3) is 5.91 Å². The Bertz CT molecular complexity index is 457. The highest BCUT2D eigenvalue weighted by Crippen LogP contribution is 2.24. The van der Waals surface area contributed by atoms with Crippen LogP contribution in [0.1, 0.15) is 36.0 Å². The smallest absolute Gasteiger partial charge is 0.253 e. The molecule has 1 aromatic carbocycles. The van der Waals surface area contributed by atoms with E-state index >= 15 is 0 Å². The van der Waals surface area contributed by atoms with Crippen molar-refractivity contribution in [3.8, 4) is 0 Å². The Morgan fingerprint density at radius 2 is 1.89 bits per heavy atom. The molecule has 0 aliphatic heterocycles. The number of carbonyl (C=O) groups is 1. The number of carbonyl (C=O) groups excluding carboxylic acids is 1. The Labute approximate surface area is 104 Å². The van der Waals surface area contributed by atoms with E-state index in [2.05, 4.69) is 5.32 Å². The van der Waals surface area contributed by atoms with Gasteiger partial charge < -0.3 is 11.1 Å². The number of nitrogen functional groups attached to an aromatic ring is 1. The second kappa shape index (κ2) is 5.33. The monoisotopic (exact) mass is 254 g/mol. The van der Waals surface area contributed by atoms with Crippen LogP contribution in [0.25, 0.3) is 0 Å². The molecule has 0 heterocycles. The van der Waals surface area contributed by atoms with Gasteiger partial charge in [-0.25, -0.2) is 8.78 Å². The molecule has 18 heavy (non-hydrogen) atoms. The molecule has 1 aliphatic carbocycles. The molecule has 3 N–H and O–H groups in total. The third kappa shape index (κ3) is 2.78. The van der Waals surface area contributed by atoms with Gasteiger partial charge in [0.1, 0.15) is 0 Å². The van der Waals surface area contributed by atoms with E-state index in [1.807, 2.05) is 0 Å². The summed E-state index contributed by atoms with van der Waals surface area (Å²) in [6, 6.07) is 1.68. The fraction of sp³-hybridized carbons (Fsp3) is 0.462. The van der Waals surface area contributed by atoms with Crippen LogP contribution in [0.5, 0.6) is 0 Å². The molecule has 1 fully saturated rings. The summed E-state index contributed by atoms with van der Waals surface area (Å²) >= 11 is 0. The predicted molar refractivity (Wildman–Crippen MR) is 65.1 cm³/mol. The van der Waals surface area contributed by atoms with Gasteiger partial charge in [0.2, 0.25) is 0 Å². The first-order chi connectivity index (χ1) is 8.58. The summed E-state index contributed by atoms with van der Waals surface area (Å²) in [6.45, 7) is 0.567. The molecule has 1 aliphatic rings. The minimum atomic E-state index is -1.06. The molecular weight excluding hydrogens is 238 g/mol. The van der Waals surface area contributed by atoms with Crippen molar-refractivity contribution in [1.82, 2.24) is 5.32 Å². The van der Waals surface area contributed by atoms with Crippen LogP contribution in [0.4, 0.5) is 14.5 Å². The zero-order chi connectivity index (χ0) is 13.1. The van der Waals surface area contributed by atoms with Crippen LogP contribution in [0.3, 0.4) is 0 Å². The van der Waals surface area contributed by atoms with E-state index in [1.165, 1.54) is 12.8 Å². The second-order valence-electron chi connectivity index (χ2n) is 4.71. The molecule has 0 radical (unpaired) electrons. The number of nitrogens with two attached hydrogens (primary N) is 1. The van der Waals surface area contributed by atoms with Crippen LogP contribution < -0.4 is 11.1 Å². The molecule has 1 aromatic rings. The fourth-order valence-electron chi connectivity index (χ4n) is 2.31. The van der Waals surface area contributed by atoms with Crippen molar-refractivity contribution in [3.05, 3.63) is 29.3 Å². The van der Waals surface area contributed by atoms with Gasteiger partial charge >= 0.3 is 0 Å². The summed E-state index contributed by atoms with van der Waals surface area (Å²) in [6.07, 6.45) is 4.59. The number of nitrogens with one attached hydrogen (secondary N) is 1. The lowest BCUT2D eigenvalue weighted by molar-refractivity contribution is 0.0947. The maximum Gasteiger partial charge on any atom is 0.253 e. The van der Waals surface area contributed by atoms with Crippen LogP contribution in [0, 0.1) is 17.6 Å². The van der Waals surface area contributed by atoms with Crippen molar-refractivity contribution in [2.45, 2.75) is 25.7 Å². The highest BCUT2D eigenvalue weighted by atomic mass is 19.2. The third-order valence-electron chi connectivity index (χ3n) is 3.36. The zero-order valence-corrected chi connectivity index (χ0v) is 10.0. The first kappa shape index (κ1) is 12.8. The topological polar surface area (TPSA) is 55.1 Å². The number of hydrogen-bond donors (Lipinski definition) is 2. The van der Waals surface area contributed by atoms with E-state index in [-0.39, 0.29) is 11.3 Å². The number of anilines is 1. The molecule has 0 saturated heterocycles. The standard InChI is InChI=1S/C13H16F2N2O/c14-10-5-9(12(16)6-11(10)15)13(18)17-7-8-3-1-2-4-8/h5-6,8H,1-4,7,16H2,(H,17,18). The van der Waals surface area contributed by atoms with E-state index in [9.17, 15) is 13.6 Å². The van der Waals surface area contributed by atoms with Gasteiger partial charge in [-0.15, -0.1) is 0 Å². The maximum absolute atomic E-state index is 13.1. The summed E-state index contributed by atoms with van der Waals surface area (Å²) in [4.78, 5) is 11.8. The predicted octanol–water partition coefficient (Wildman–Crippen LogP) is 2.47. The average molecular weight is 254 g/mol. The number of rotatable bonds is 3. The lowest BCUT2D eigenvalue weighted by Crippen LogP contribution is -2.29. The molecule has 2 rings (SSSR count). The van der Waals surface area contributed by atoms with Gasteiger partial charge in [-0.2, -0.15) is 0 Å². The third-order valence-corrected chi connectivity index (χ3v) is 3.36. The second-order valence-corrected chi connectivity index (χ2v) is 4.71. The maximum atomic E-state index is 13.1. The number of halogens is 2. The van der Waals surface area contributed by atoms with Crippen molar-refractivity contribution < 1.29 is 13.6 Å². The minimum absolute atomic E-state index is 0.00750. The van der Waals surface area contributed by atoms with E-state index in [0.29, 0.717) is 12.5 Å². The van der Waals surface area contributed by atoms with Gasteiger partial charge in [0.15, 0.2) is 11.6 Å². The zero-order valence-electron chi connectivity index (χ0n) is 10.0. The fourth-order valence-corrected chi connectivity index (χ4v) is 2.31. The molecule has 3 nitrogen and oxygen atoms in total. The van der Waals surface area contributed by atoms with Gasteiger partial charge in [-0.05, 0) is 24.8 Å². The molecule has 0 aromatic heterocycles. The van der Waals surface area contributed by atoms with E-state index in [4.69, 9.17) is 5.73 Å². The molecule has 5 heteroatoms. The van der Waals surface area contributed by atoms with E-state index < -0.39 is 17.5 Å². The molecule has 1 amide bonds. The van der Waals surface area contributed by atoms with Gasteiger partial charge in [0.05, 0.1) is 5.56 Å². The van der Waals surface area contributed by atoms with Crippen molar-refractivity contribution in [1.29, 1.82) is 0 Å². The van der Waals surface area contributed by atoms with Crippen LogP contribution >= 0.6 is 0 Å². The van der Waals surface area contributed by atoms with Crippen LogP contribution in [0.15, 0.2) is 12.1 Å². The lowest BCUT2D eigenvalue weighted by atomic mass is 10.1. The summed E-state index contributed by atoms with van der Waals surface area (Å²) < 4.78 is 25.9. The lowest BCUT2D eigenvalue weighted by Gasteiger charge is -2.12. The van der Waals surface area contributed by atoms with E-state index in [0.717, 1.165) is 25.0 Å². The molecule has 1 saturated carbocycles.